The smallest absolute Gasteiger partial charge is 0.410 e. The lowest BCUT2D eigenvalue weighted by atomic mass is 9.80. The van der Waals surface area contributed by atoms with Gasteiger partial charge in [-0.1, -0.05) is 25.1 Å². The van der Waals surface area contributed by atoms with E-state index in [9.17, 15) is 14.7 Å². The van der Waals surface area contributed by atoms with Gasteiger partial charge in [-0.15, -0.1) is 0 Å². The van der Waals surface area contributed by atoms with E-state index >= 15 is 0 Å². The zero-order valence-corrected chi connectivity index (χ0v) is 20.7. The minimum absolute atomic E-state index is 0.0909. The normalized spacial score (nSPS) is 22.2. The summed E-state index contributed by atoms with van der Waals surface area (Å²) in [5.74, 6) is 0.364. The molecule has 1 aliphatic carbocycles. The molecule has 3 aliphatic rings. The van der Waals surface area contributed by atoms with E-state index in [-0.39, 0.29) is 19.0 Å². The van der Waals surface area contributed by atoms with Gasteiger partial charge in [-0.2, -0.15) is 5.10 Å². The van der Waals surface area contributed by atoms with E-state index in [1.165, 1.54) is 35.8 Å². The fraction of sp³-hybridized carbons (Fsp3) is 0.519. The van der Waals surface area contributed by atoms with Crippen molar-refractivity contribution in [3.63, 3.8) is 0 Å². The highest BCUT2D eigenvalue weighted by Gasteiger charge is 2.43. The Hall–Kier alpha value is -3.13. The zero-order valence-electron chi connectivity index (χ0n) is 20.7. The van der Waals surface area contributed by atoms with Crippen molar-refractivity contribution >= 4 is 12.0 Å². The first-order valence-electron chi connectivity index (χ1n) is 12.5. The van der Waals surface area contributed by atoms with Crippen LogP contribution in [0.3, 0.4) is 0 Å². The van der Waals surface area contributed by atoms with Gasteiger partial charge in [0.2, 0.25) is 5.91 Å². The molecule has 1 aromatic carbocycles. The van der Waals surface area contributed by atoms with Crippen LogP contribution in [0.1, 0.15) is 80.6 Å². The predicted octanol–water partition coefficient (Wildman–Crippen LogP) is 4.04. The van der Waals surface area contributed by atoms with Gasteiger partial charge in [-0.05, 0) is 63.3 Å². The third-order valence-electron chi connectivity index (χ3n) is 7.28. The molecule has 2 aromatic rings. The molecule has 186 valence electrons. The number of β-amino-alcohol motifs (C(OH)–C–C–N with tert-alkyl or cyclic N) is 1. The molecule has 35 heavy (non-hydrogen) atoms. The summed E-state index contributed by atoms with van der Waals surface area (Å²) < 4.78 is 7.60. The van der Waals surface area contributed by atoms with Crippen molar-refractivity contribution in [1.29, 1.82) is 0 Å². The quantitative estimate of drug-likeness (QED) is 0.673. The molecule has 2 amide bonds. The zero-order chi connectivity index (χ0) is 24.9. The molecule has 0 spiro atoms. The number of benzene rings is 1. The molecule has 1 aromatic heterocycles. The summed E-state index contributed by atoms with van der Waals surface area (Å²) in [5.41, 5.74) is 3.95. The van der Waals surface area contributed by atoms with Gasteiger partial charge in [-0.25, -0.2) is 9.48 Å². The predicted molar refractivity (Wildman–Crippen MR) is 131 cm³/mol. The number of hydrogen-bond acceptors (Lipinski definition) is 5. The molecular weight excluding hydrogens is 444 g/mol. The second-order valence-corrected chi connectivity index (χ2v) is 10.8. The first-order chi connectivity index (χ1) is 16.7. The topological polar surface area (TPSA) is 87.9 Å². The average Bonchev–Trinajstić information content (AvgIpc) is 3.09. The lowest BCUT2D eigenvalue weighted by molar-refractivity contribution is -0.128. The molecular formula is C27H34N4O4. The summed E-state index contributed by atoms with van der Waals surface area (Å²) in [6.45, 7) is 9.87. The van der Waals surface area contributed by atoms with E-state index in [4.69, 9.17) is 9.84 Å². The minimum Gasteiger partial charge on any atom is -0.444 e. The Balaban J connectivity index is 1.55. The van der Waals surface area contributed by atoms with E-state index < -0.39 is 23.8 Å². The summed E-state index contributed by atoms with van der Waals surface area (Å²) in [6.07, 6.45) is 4.20. The second kappa shape index (κ2) is 8.82. The molecule has 0 saturated heterocycles. The van der Waals surface area contributed by atoms with Crippen LogP contribution in [0.5, 0.6) is 0 Å². The Morgan fingerprint density at radius 2 is 1.89 bits per heavy atom. The van der Waals surface area contributed by atoms with Gasteiger partial charge in [-0.3, -0.25) is 9.69 Å². The Bertz CT molecular complexity index is 1140. The van der Waals surface area contributed by atoms with Crippen LogP contribution in [0.15, 0.2) is 36.9 Å². The average molecular weight is 479 g/mol. The summed E-state index contributed by atoms with van der Waals surface area (Å²) >= 11 is 0. The molecule has 3 heterocycles. The van der Waals surface area contributed by atoms with E-state index in [0.717, 1.165) is 16.9 Å². The first-order valence-corrected chi connectivity index (χ1v) is 12.5. The van der Waals surface area contributed by atoms with Crippen LogP contribution in [0.4, 0.5) is 4.79 Å². The number of carbonyl (C=O) groups is 2. The van der Waals surface area contributed by atoms with Crippen molar-refractivity contribution in [3.05, 3.63) is 59.4 Å². The van der Waals surface area contributed by atoms with Crippen molar-refractivity contribution in [2.24, 2.45) is 0 Å². The number of aliphatic hydroxyl groups is 1. The Morgan fingerprint density at radius 1 is 1.17 bits per heavy atom. The SMILES string of the molecule is C=CC(=O)N1CC(O)c2nn(-c3ccc(C4CCC4)cc3)c3c2C(C1)N(C(=O)OC(C)(C)C)CC3. The summed E-state index contributed by atoms with van der Waals surface area (Å²) in [7, 11) is 0. The highest BCUT2D eigenvalue weighted by Crippen LogP contribution is 2.41. The van der Waals surface area contributed by atoms with Crippen molar-refractivity contribution in [2.75, 3.05) is 19.6 Å². The van der Waals surface area contributed by atoms with Crippen LogP contribution in [0.25, 0.3) is 5.69 Å². The molecule has 0 radical (unpaired) electrons. The van der Waals surface area contributed by atoms with Crippen molar-refractivity contribution in [3.8, 4) is 5.69 Å². The summed E-state index contributed by atoms with van der Waals surface area (Å²) in [5, 5.41) is 16.0. The number of ether oxygens (including phenoxy) is 1. The van der Waals surface area contributed by atoms with Crippen LogP contribution in [-0.4, -0.2) is 61.9 Å². The Labute approximate surface area is 206 Å². The van der Waals surface area contributed by atoms with E-state index in [1.54, 1.807) is 4.90 Å². The second-order valence-electron chi connectivity index (χ2n) is 10.8. The number of aliphatic hydroxyl groups excluding tert-OH is 1. The number of carbonyl (C=O) groups excluding carboxylic acids is 2. The fourth-order valence-corrected chi connectivity index (χ4v) is 5.33. The standard InChI is InChI=1S/C27H34N4O4/c1-5-23(33)29-15-21-24-20(13-14-30(21)26(34)35-27(2,3)4)31(28-25(24)22(32)16-29)19-11-9-18(10-12-19)17-7-6-8-17/h5,9-12,17,21-22,32H,1,6-8,13-16H2,2-4H3. The molecule has 1 saturated carbocycles. The number of nitrogens with zero attached hydrogens (tertiary/aromatic N) is 4. The van der Waals surface area contributed by atoms with Crippen LogP contribution >= 0.6 is 0 Å². The molecule has 2 unspecified atom stereocenters. The Morgan fingerprint density at radius 3 is 2.49 bits per heavy atom. The van der Waals surface area contributed by atoms with Crippen LogP contribution in [0.2, 0.25) is 0 Å². The van der Waals surface area contributed by atoms with E-state index in [1.807, 2.05) is 25.5 Å². The monoisotopic (exact) mass is 478 g/mol. The molecule has 2 aliphatic heterocycles. The molecule has 8 heteroatoms. The maximum atomic E-state index is 13.2. The molecule has 5 rings (SSSR count). The van der Waals surface area contributed by atoms with E-state index in [0.29, 0.717) is 24.6 Å². The maximum Gasteiger partial charge on any atom is 0.410 e. The molecule has 2 atom stereocenters. The maximum absolute atomic E-state index is 13.2. The van der Waals surface area contributed by atoms with Crippen molar-refractivity contribution < 1.29 is 19.4 Å². The van der Waals surface area contributed by atoms with Gasteiger partial charge in [0.15, 0.2) is 0 Å². The van der Waals surface area contributed by atoms with Crippen LogP contribution in [-0.2, 0) is 16.0 Å². The van der Waals surface area contributed by atoms with Crippen molar-refractivity contribution in [2.45, 2.75) is 70.1 Å². The lowest BCUT2D eigenvalue weighted by Crippen LogP contribution is -2.47. The Kier molecular flexibility index (Phi) is 5.95. The van der Waals surface area contributed by atoms with Gasteiger partial charge < -0.3 is 14.7 Å². The summed E-state index contributed by atoms with van der Waals surface area (Å²) in [6, 6.07) is 8.06. The largest absolute Gasteiger partial charge is 0.444 e. The summed E-state index contributed by atoms with van der Waals surface area (Å²) in [4.78, 5) is 28.9. The fourth-order valence-electron chi connectivity index (χ4n) is 5.33. The number of amides is 2. The van der Waals surface area contributed by atoms with Gasteiger partial charge in [0.25, 0.3) is 0 Å². The number of rotatable bonds is 3. The van der Waals surface area contributed by atoms with Gasteiger partial charge >= 0.3 is 6.09 Å². The minimum atomic E-state index is -0.966. The highest BCUT2D eigenvalue weighted by atomic mass is 16.6. The lowest BCUT2D eigenvalue weighted by Gasteiger charge is -2.38. The van der Waals surface area contributed by atoms with Gasteiger partial charge in [0.1, 0.15) is 11.7 Å². The molecule has 0 bridgehead atoms. The third-order valence-corrected chi connectivity index (χ3v) is 7.28. The number of hydrogen-bond donors (Lipinski definition) is 1. The third kappa shape index (κ3) is 4.35. The van der Waals surface area contributed by atoms with Crippen LogP contribution < -0.4 is 0 Å². The highest BCUT2D eigenvalue weighted by molar-refractivity contribution is 5.87. The number of aromatic nitrogens is 2. The van der Waals surface area contributed by atoms with Gasteiger partial charge in [0, 0.05) is 25.1 Å². The first kappa shape index (κ1) is 23.6. The van der Waals surface area contributed by atoms with Gasteiger partial charge in [0.05, 0.1) is 29.7 Å². The molecule has 1 N–H and O–H groups in total. The van der Waals surface area contributed by atoms with Crippen molar-refractivity contribution in [1.82, 2.24) is 19.6 Å². The molecule has 8 nitrogen and oxygen atoms in total. The van der Waals surface area contributed by atoms with E-state index in [2.05, 4.69) is 30.8 Å². The molecule has 1 fully saturated rings. The van der Waals surface area contributed by atoms with Crippen LogP contribution in [0, 0.1) is 0 Å².